The number of thiazole rings is 1. The highest BCUT2D eigenvalue weighted by atomic mass is 32.1. The predicted octanol–water partition coefficient (Wildman–Crippen LogP) is 3.74. The second-order valence-electron chi connectivity index (χ2n) is 4.45. The van der Waals surface area contributed by atoms with Crippen molar-refractivity contribution in [3.63, 3.8) is 0 Å². The fourth-order valence-corrected chi connectivity index (χ4v) is 2.76. The monoisotopic (exact) mass is 250 g/mol. The number of anilines is 1. The number of benzene rings is 1. The highest BCUT2D eigenvalue weighted by molar-refractivity contribution is 7.22. The molecule has 3 nitrogen and oxygen atoms in total. The van der Waals surface area contributed by atoms with Gasteiger partial charge in [-0.2, -0.15) is 0 Å². The fraction of sp³-hybridized carbons (Fsp3) is 0.462. The van der Waals surface area contributed by atoms with Crippen molar-refractivity contribution in [2.45, 2.75) is 33.8 Å². The van der Waals surface area contributed by atoms with E-state index in [-0.39, 0.29) is 6.10 Å². The van der Waals surface area contributed by atoms with Gasteiger partial charge in [-0.05, 0) is 38.8 Å². The highest BCUT2D eigenvalue weighted by Crippen LogP contribution is 2.37. The molecular formula is C13H18N2OS. The molecule has 2 rings (SSSR count). The number of aromatic nitrogens is 1. The zero-order valence-electron chi connectivity index (χ0n) is 10.9. The van der Waals surface area contributed by atoms with Crippen LogP contribution in [0.1, 0.15) is 25.0 Å². The van der Waals surface area contributed by atoms with Gasteiger partial charge in [-0.25, -0.2) is 4.98 Å². The van der Waals surface area contributed by atoms with Crippen molar-refractivity contribution >= 4 is 26.7 Å². The molecule has 17 heavy (non-hydrogen) atoms. The third-order valence-corrected chi connectivity index (χ3v) is 3.77. The van der Waals surface area contributed by atoms with Crippen molar-refractivity contribution in [3.05, 3.63) is 17.2 Å². The summed E-state index contributed by atoms with van der Waals surface area (Å²) in [6.07, 6.45) is 0.166. The summed E-state index contributed by atoms with van der Waals surface area (Å²) in [6.45, 7) is 8.27. The fourth-order valence-electron chi connectivity index (χ4n) is 1.88. The second kappa shape index (κ2) is 4.53. The number of hydrogen-bond acceptors (Lipinski definition) is 4. The summed E-state index contributed by atoms with van der Waals surface area (Å²) in [5, 5.41) is 4.03. The van der Waals surface area contributed by atoms with E-state index < -0.39 is 0 Å². The summed E-state index contributed by atoms with van der Waals surface area (Å²) < 4.78 is 7.09. The lowest BCUT2D eigenvalue weighted by atomic mass is 10.1. The van der Waals surface area contributed by atoms with Gasteiger partial charge in [0.15, 0.2) is 5.13 Å². The van der Waals surface area contributed by atoms with E-state index in [0.717, 1.165) is 22.0 Å². The first-order valence-corrected chi connectivity index (χ1v) is 6.59. The third-order valence-electron chi connectivity index (χ3n) is 2.56. The smallest absolute Gasteiger partial charge is 0.183 e. The van der Waals surface area contributed by atoms with Crippen LogP contribution in [-0.2, 0) is 0 Å². The molecule has 0 amide bonds. The van der Waals surface area contributed by atoms with Crippen molar-refractivity contribution in [2.24, 2.45) is 0 Å². The Morgan fingerprint density at radius 3 is 2.59 bits per heavy atom. The van der Waals surface area contributed by atoms with E-state index >= 15 is 0 Å². The van der Waals surface area contributed by atoms with E-state index in [2.05, 4.69) is 30.2 Å². The maximum atomic E-state index is 5.89. The molecule has 1 aromatic heterocycles. The minimum absolute atomic E-state index is 0.166. The van der Waals surface area contributed by atoms with Crippen LogP contribution in [0.3, 0.4) is 0 Å². The first-order valence-electron chi connectivity index (χ1n) is 5.78. The molecule has 1 aromatic carbocycles. The number of fused-ring (bicyclic) bond motifs is 1. The maximum Gasteiger partial charge on any atom is 0.183 e. The van der Waals surface area contributed by atoms with Crippen molar-refractivity contribution in [3.8, 4) is 5.75 Å². The molecule has 0 spiro atoms. The number of aryl methyl sites for hydroxylation is 2. The molecule has 1 N–H and O–H groups in total. The number of nitrogens with zero attached hydrogens (tertiary/aromatic N) is 1. The topological polar surface area (TPSA) is 34.2 Å². The summed E-state index contributed by atoms with van der Waals surface area (Å²) in [5.74, 6) is 0.915. The van der Waals surface area contributed by atoms with Crippen LogP contribution < -0.4 is 10.1 Å². The minimum atomic E-state index is 0.166. The number of ether oxygens (including phenoxy) is 1. The van der Waals surface area contributed by atoms with Crippen molar-refractivity contribution in [2.75, 3.05) is 12.4 Å². The van der Waals surface area contributed by atoms with E-state index in [1.807, 2.05) is 20.9 Å². The van der Waals surface area contributed by atoms with E-state index in [9.17, 15) is 0 Å². The van der Waals surface area contributed by atoms with Gasteiger partial charge >= 0.3 is 0 Å². The van der Waals surface area contributed by atoms with Gasteiger partial charge in [0.1, 0.15) is 11.3 Å². The van der Waals surface area contributed by atoms with Crippen LogP contribution in [0.4, 0.5) is 5.13 Å². The van der Waals surface area contributed by atoms with Crippen LogP contribution in [0, 0.1) is 13.8 Å². The van der Waals surface area contributed by atoms with Gasteiger partial charge in [0.05, 0.1) is 10.8 Å². The van der Waals surface area contributed by atoms with Gasteiger partial charge in [-0.1, -0.05) is 17.4 Å². The van der Waals surface area contributed by atoms with Gasteiger partial charge in [0.25, 0.3) is 0 Å². The highest BCUT2D eigenvalue weighted by Gasteiger charge is 2.15. The second-order valence-corrected chi connectivity index (χ2v) is 5.45. The van der Waals surface area contributed by atoms with Crippen LogP contribution in [0.25, 0.3) is 10.2 Å². The molecule has 0 saturated heterocycles. The first-order chi connectivity index (χ1) is 8.02. The molecule has 1 heterocycles. The Morgan fingerprint density at radius 1 is 1.29 bits per heavy atom. The number of hydrogen-bond donors (Lipinski definition) is 1. The van der Waals surface area contributed by atoms with Gasteiger partial charge < -0.3 is 10.1 Å². The van der Waals surface area contributed by atoms with E-state index in [1.54, 1.807) is 11.3 Å². The van der Waals surface area contributed by atoms with E-state index in [0.29, 0.717) is 0 Å². The van der Waals surface area contributed by atoms with Crippen LogP contribution in [-0.4, -0.2) is 18.1 Å². The Morgan fingerprint density at radius 2 is 2.00 bits per heavy atom. The normalized spacial score (nSPS) is 11.2. The summed E-state index contributed by atoms with van der Waals surface area (Å²) in [5.41, 5.74) is 3.38. The van der Waals surface area contributed by atoms with Crippen molar-refractivity contribution in [1.82, 2.24) is 4.98 Å². The number of rotatable bonds is 3. The van der Waals surface area contributed by atoms with E-state index in [1.165, 1.54) is 10.3 Å². The standard InChI is InChI=1S/C13H18N2OS/c1-7(2)16-11-8(3)6-9(4)12-10(11)15-13(14-5)17-12/h6-7H,1-5H3,(H,14,15). The van der Waals surface area contributed by atoms with Gasteiger partial charge in [0, 0.05) is 7.05 Å². The molecule has 0 aliphatic carbocycles. The molecule has 0 saturated carbocycles. The zero-order chi connectivity index (χ0) is 12.6. The van der Waals surface area contributed by atoms with Gasteiger partial charge in [-0.15, -0.1) is 0 Å². The molecule has 92 valence electrons. The summed E-state index contributed by atoms with van der Waals surface area (Å²) >= 11 is 1.67. The molecule has 4 heteroatoms. The molecule has 0 unspecified atom stereocenters. The molecule has 2 aromatic rings. The van der Waals surface area contributed by atoms with Crippen LogP contribution in [0.2, 0.25) is 0 Å². The molecule has 0 radical (unpaired) electrons. The predicted molar refractivity (Wildman–Crippen MR) is 74.4 cm³/mol. The Balaban J connectivity index is 2.67. The Labute approximate surface area is 106 Å². The lowest BCUT2D eigenvalue weighted by Crippen LogP contribution is -2.07. The van der Waals surface area contributed by atoms with Crippen LogP contribution >= 0.6 is 11.3 Å². The maximum absolute atomic E-state index is 5.89. The van der Waals surface area contributed by atoms with E-state index in [4.69, 9.17) is 4.74 Å². The quantitative estimate of drug-likeness (QED) is 0.901. The SMILES string of the molecule is CNc1nc2c(OC(C)C)c(C)cc(C)c2s1. The Hall–Kier alpha value is -1.29. The van der Waals surface area contributed by atoms with Gasteiger partial charge in [0.2, 0.25) is 0 Å². The molecular weight excluding hydrogens is 232 g/mol. The van der Waals surface area contributed by atoms with Crippen molar-refractivity contribution < 1.29 is 4.74 Å². The van der Waals surface area contributed by atoms with Gasteiger partial charge in [-0.3, -0.25) is 0 Å². The lowest BCUT2D eigenvalue weighted by Gasteiger charge is -2.13. The Kier molecular flexibility index (Phi) is 3.24. The molecule has 0 atom stereocenters. The molecule has 0 aliphatic heterocycles. The zero-order valence-corrected chi connectivity index (χ0v) is 11.7. The summed E-state index contributed by atoms with van der Waals surface area (Å²) in [6, 6.07) is 2.16. The summed E-state index contributed by atoms with van der Waals surface area (Å²) in [7, 11) is 1.89. The number of nitrogens with one attached hydrogen (secondary N) is 1. The molecule has 0 aliphatic rings. The minimum Gasteiger partial charge on any atom is -0.488 e. The van der Waals surface area contributed by atoms with Crippen molar-refractivity contribution in [1.29, 1.82) is 0 Å². The average Bonchev–Trinajstić information content (AvgIpc) is 2.68. The molecule has 0 bridgehead atoms. The molecule has 0 fully saturated rings. The lowest BCUT2D eigenvalue weighted by molar-refractivity contribution is 0.243. The average molecular weight is 250 g/mol. The van der Waals surface area contributed by atoms with Crippen LogP contribution in [0.15, 0.2) is 6.07 Å². The largest absolute Gasteiger partial charge is 0.488 e. The first kappa shape index (κ1) is 12.2. The Bertz CT molecular complexity index is 546. The van der Waals surface area contributed by atoms with Crippen LogP contribution in [0.5, 0.6) is 5.75 Å². The summed E-state index contributed by atoms with van der Waals surface area (Å²) in [4.78, 5) is 4.59. The third kappa shape index (κ3) is 2.22.